The normalized spacial score (nSPS) is 11.7. The molecule has 0 aliphatic carbocycles. The maximum atomic E-state index is 13.0. The van der Waals surface area contributed by atoms with E-state index in [0.717, 1.165) is 6.07 Å². The van der Waals surface area contributed by atoms with Gasteiger partial charge in [0.25, 0.3) is 0 Å². The van der Waals surface area contributed by atoms with Gasteiger partial charge in [0.2, 0.25) is 0 Å². The van der Waals surface area contributed by atoms with E-state index in [0.29, 0.717) is 22.6 Å². The molecule has 0 spiro atoms. The lowest BCUT2D eigenvalue weighted by molar-refractivity contribution is -0.140. The molecule has 1 heterocycles. The lowest BCUT2D eigenvalue weighted by Crippen LogP contribution is -2.12. The number of methoxy groups -OCH3 is 3. The highest BCUT2D eigenvalue weighted by atomic mass is 16.5. The molecule has 3 aromatic carbocycles. The molecule has 4 aromatic rings. The van der Waals surface area contributed by atoms with Crippen LogP contribution in [-0.4, -0.2) is 37.5 Å². The fourth-order valence-electron chi connectivity index (χ4n) is 4.11. The maximum Gasteiger partial charge on any atom is 0.306 e. The molecule has 4 rings (SSSR count). The standard InChI is InChI=1S/C27H24O8/c1-32-21-10-9-16(11-23(21)33-2)17(12-24(31)34-3)25-18(28)13-19(29)26-20(30)14-22(35-27(25)26)15-7-5-4-6-8-15/h4-11,13-14,17,28-29H,12H2,1-3H3. The summed E-state index contributed by atoms with van der Waals surface area (Å²) < 4.78 is 21.7. The molecule has 180 valence electrons. The van der Waals surface area contributed by atoms with E-state index in [-0.39, 0.29) is 34.5 Å². The van der Waals surface area contributed by atoms with Crippen LogP contribution in [0.1, 0.15) is 23.5 Å². The number of carbonyl (C=O) groups is 1. The molecule has 1 unspecified atom stereocenters. The average molecular weight is 476 g/mol. The summed E-state index contributed by atoms with van der Waals surface area (Å²) in [4.78, 5) is 25.5. The van der Waals surface area contributed by atoms with Crippen molar-refractivity contribution in [1.82, 2.24) is 0 Å². The number of hydrogen-bond donors (Lipinski definition) is 2. The second-order valence-corrected chi connectivity index (χ2v) is 7.82. The Labute approximate surface area is 200 Å². The van der Waals surface area contributed by atoms with E-state index in [2.05, 4.69) is 0 Å². The van der Waals surface area contributed by atoms with Crippen molar-refractivity contribution >= 4 is 16.9 Å². The minimum atomic E-state index is -0.806. The minimum absolute atomic E-state index is 0.0301. The summed E-state index contributed by atoms with van der Waals surface area (Å²) in [5.41, 5.74) is 0.842. The van der Waals surface area contributed by atoms with Crippen LogP contribution in [0.25, 0.3) is 22.3 Å². The molecular formula is C27H24O8. The first-order valence-electron chi connectivity index (χ1n) is 10.7. The third kappa shape index (κ3) is 4.50. The maximum absolute atomic E-state index is 13.0. The molecule has 1 aromatic heterocycles. The lowest BCUT2D eigenvalue weighted by Gasteiger charge is -2.21. The van der Waals surface area contributed by atoms with Crippen molar-refractivity contribution in [3.8, 4) is 34.3 Å². The van der Waals surface area contributed by atoms with E-state index in [1.54, 1.807) is 42.5 Å². The first-order chi connectivity index (χ1) is 16.9. The Morgan fingerprint density at radius 2 is 1.63 bits per heavy atom. The van der Waals surface area contributed by atoms with E-state index < -0.39 is 23.1 Å². The molecule has 0 saturated heterocycles. The number of hydrogen-bond acceptors (Lipinski definition) is 8. The zero-order valence-electron chi connectivity index (χ0n) is 19.4. The van der Waals surface area contributed by atoms with Gasteiger partial charge >= 0.3 is 5.97 Å². The topological polar surface area (TPSA) is 115 Å². The Balaban J connectivity index is 2.04. The molecule has 0 fully saturated rings. The van der Waals surface area contributed by atoms with Gasteiger partial charge < -0.3 is 28.8 Å². The summed E-state index contributed by atoms with van der Waals surface area (Å²) in [5, 5.41) is 21.4. The number of aromatic hydroxyl groups is 2. The third-order valence-electron chi connectivity index (χ3n) is 5.81. The summed E-state index contributed by atoms with van der Waals surface area (Å²) in [6, 6.07) is 16.4. The van der Waals surface area contributed by atoms with Crippen molar-refractivity contribution in [1.29, 1.82) is 0 Å². The summed E-state index contributed by atoms with van der Waals surface area (Å²) in [7, 11) is 4.24. The fraction of sp³-hybridized carbons (Fsp3) is 0.185. The summed E-state index contributed by atoms with van der Waals surface area (Å²) in [6.45, 7) is 0. The lowest BCUT2D eigenvalue weighted by atomic mass is 9.86. The fourth-order valence-corrected chi connectivity index (χ4v) is 4.11. The summed E-state index contributed by atoms with van der Waals surface area (Å²) >= 11 is 0. The van der Waals surface area contributed by atoms with E-state index in [4.69, 9.17) is 18.6 Å². The predicted octanol–water partition coefficient (Wildman–Crippen LogP) is 4.58. The van der Waals surface area contributed by atoms with Gasteiger partial charge in [-0.25, -0.2) is 0 Å². The van der Waals surface area contributed by atoms with Crippen molar-refractivity contribution < 1.29 is 33.6 Å². The van der Waals surface area contributed by atoms with Gasteiger partial charge in [-0.1, -0.05) is 36.4 Å². The second kappa shape index (κ2) is 9.80. The first-order valence-corrected chi connectivity index (χ1v) is 10.7. The molecule has 0 bridgehead atoms. The number of carbonyl (C=O) groups excluding carboxylic acids is 1. The Kier molecular flexibility index (Phi) is 6.64. The van der Waals surface area contributed by atoms with Crippen LogP contribution < -0.4 is 14.9 Å². The molecule has 2 N–H and O–H groups in total. The molecule has 0 aliphatic heterocycles. The van der Waals surface area contributed by atoms with Crippen molar-refractivity contribution in [2.24, 2.45) is 0 Å². The van der Waals surface area contributed by atoms with Crippen molar-refractivity contribution in [2.45, 2.75) is 12.3 Å². The van der Waals surface area contributed by atoms with Crippen LogP contribution in [0.15, 0.2) is 69.9 Å². The first kappa shape index (κ1) is 23.7. The molecular weight excluding hydrogens is 452 g/mol. The Bertz CT molecular complexity index is 1440. The van der Waals surface area contributed by atoms with Gasteiger partial charge in [-0.05, 0) is 17.7 Å². The molecule has 1 atom stereocenters. The highest BCUT2D eigenvalue weighted by Gasteiger charge is 2.29. The quantitative estimate of drug-likeness (QED) is 0.372. The predicted molar refractivity (Wildman–Crippen MR) is 129 cm³/mol. The van der Waals surface area contributed by atoms with Gasteiger partial charge in [-0.2, -0.15) is 0 Å². The number of phenols is 2. The van der Waals surface area contributed by atoms with Gasteiger partial charge in [0.1, 0.15) is 28.2 Å². The smallest absolute Gasteiger partial charge is 0.306 e. The monoisotopic (exact) mass is 476 g/mol. The zero-order chi connectivity index (χ0) is 25.1. The van der Waals surface area contributed by atoms with Crippen LogP contribution in [0.4, 0.5) is 0 Å². The van der Waals surface area contributed by atoms with Gasteiger partial charge in [-0.3, -0.25) is 9.59 Å². The van der Waals surface area contributed by atoms with Crippen LogP contribution in [0.3, 0.4) is 0 Å². The average Bonchev–Trinajstić information content (AvgIpc) is 2.87. The number of rotatable bonds is 7. The molecule has 8 nitrogen and oxygen atoms in total. The number of ether oxygens (including phenoxy) is 3. The summed E-state index contributed by atoms with van der Waals surface area (Å²) in [6.07, 6.45) is -0.182. The van der Waals surface area contributed by atoms with Gasteiger partial charge in [0.05, 0.1) is 27.8 Å². The molecule has 35 heavy (non-hydrogen) atoms. The van der Waals surface area contributed by atoms with Crippen LogP contribution in [-0.2, 0) is 9.53 Å². The van der Waals surface area contributed by atoms with Crippen molar-refractivity contribution in [3.63, 3.8) is 0 Å². The molecule has 0 radical (unpaired) electrons. The molecule has 8 heteroatoms. The highest BCUT2D eigenvalue weighted by Crippen LogP contribution is 2.44. The highest BCUT2D eigenvalue weighted by molar-refractivity contribution is 5.90. The van der Waals surface area contributed by atoms with Crippen LogP contribution >= 0.6 is 0 Å². The van der Waals surface area contributed by atoms with E-state index in [1.165, 1.54) is 27.4 Å². The van der Waals surface area contributed by atoms with E-state index in [1.807, 2.05) is 6.07 Å². The second-order valence-electron chi connectivity index (χ2n) is 7.82. The van der Waals surface area contributed by atoms with Crippen molar-refractivity contribution in [3.05, 3.63) is 82.0 Å². The van der Waals surface area contributed by atoms with Crippen molar-refractivity contribution in [2.75, 3.05) is 21.3 Å². The van der Waals surface area contributed by atoms with Crippen LogP contribution in [0.5, 0.6) is 23.0 Å². The van der Waals surface area contributed by atoms with Crippen LogP contribution in [0.2, 0.25) is 0 Å². The molecule has 0 aliphatic rings. The summed E-state index contributed by atoms with van der Waals surface area (Å²) in [5.74, 6) is -0.990. The largest absolute Gasteiger partial charge is 0.507 e. The Morgan fingerprint density at radius 3 is 2.29 bits per heavy atom. The Hall–Kier alpha value is -4.46. The molecule has 0 amide bonds. The van der Waals surface area contributed by atoms with Gasteiger partial charge in [0.15, 0.2) is 16.9 Å². The van der Waals surface area contributed by atoms with Crippen LogP contribution in [0, 0.1) is 0 Å². The third-order valence-corrected chi connectivity index (χ3v) is 5.81. The minimum Gasteiger partial charge on any atom is -0.507 e. The van der Waals surface area contributed by atoms with E-state index >= 15 is 0 Å². The van der Waals surface area contributed by atoms with E-state index in [9.17, 15) is 19.8 Å². The number of phenolic OH excluding ortho intramolecular Hbond substituents is 2. The SMILES string of the molecule is COC(=O)CC(c1ccc(OC)c(OC)c1)c1c(O)cc(O)c2c(=O)cc(-c3ccccc3)oc12. The number of benzene rings is 3. The zero-order valence-corrected chi connectivity index (χ0v) is 19.4. The molecule has 0 saturated carbocycles. The van der Waals surface area contributed by atoms with Gasteiger partial charge in [0, 0.05) is 29.2 Å². The Morgan fingerprint density at radius 1 is 0.914 bits per heavy atom. The van der Waals surface area contributed by atoms with Gasteiger partial charge in [-0.15, -0.1) is 0 Å². The number of fused-ring (bicyclic) bond motifs is 1. The number of esters is 1.